The van der Waals surface area contributed by atoms with E-state index >= 15 is 0 Å². The van der Waals surface area contributed by atoms with Crippen LogP contribution in [0.4, 0.5) is 5.13 Å². The Kier molecular flexibility index (Phi) is 4.51. The second-order valence-electron chi connectivity index (χ2n) is 4.05. The fourth-order valence-corrected chi connectivity index (χ4v) is 2.16. The minimum absolute atomic E-state index is 0.196. The van der Waals surface area contributed by atoms with Gasteiger partial charge in [0.1, 0.15) is 5.76 Å². The molecule has 2 N–H and O–H groups in total. The minimum Gasteiger partial charge on any atom is -0.467 e. The third-order valence-corrected chi connectivity index (χ3v) is 3.34. The lowest BCUT2D eigenvalue weighted by atomic mass is 10.2. The molecule has 0 aliphatic rings. The maximum Gasteiger partial charge on any atom is 0.282 e. The molecule has 1 amide bonds. The van der Waals surface area contributed by atoms with Gasteiger partial charge in [-0.25, -0.2) is 0 Å². The lowest BCUT2D eigenvalue weighted by Gasteiger charge is -2.09. The van der Waals surface area contributed by atoms with Gasteiger partial charge in [-0.2, -0.15) is 0 Å². The van der Waals surface area contributed by atoms with Crippen molar-refractivity contribution in [1.82, 2.24) is 15.5 Å². The van der Waals surface area contributed by atoms with E-state index in [-0.39, 0.29) is 11.9 Å². The van der Waals surface area contributed by atoms with Gasteiger partial charge in [-0.1, -0.05) is 18.3 Å². The number of carbonyl (C=O) groups is 1. The molecule has 0 bridgehead atoms. The van der Waals surface area contributed by atoms with Crippen LogP contribution >= 0.6 is 11.3 Å². The highest BCUT2D eigenvalue weighted by molar-refractivity contribution is 7.17. The standard InChI is InChI=1S/C12H16N4O2S/c1-3-6-13-12-16-15-11(19-12)10(17)14-8(2)9-5-4-7-18-9/h4-5,7-8H,3,6H2,1-2H3,(H,13,16)(H,14,17). The molecule has 0 saturated carbocycles. The molecule has 0 radical (unpaired) electrons. The zero-order chi connectivity index (χ0) is 13.7. The highest BCUT2D eigenvalue weighted by Crippen LogP contribution is 2.17. The van der Waals surface area contributed by atoms with E-state index in [1.165, 1.54) is 11.3 Å². The highest BCUT2D eigenvalue weighted by Gasteiger charge is 2.17. The van der Waals surface area contributed by atoms with Crippen LogP contribution in [0, 0.1) is 0 Å². The van der Waals surface area contributed by atoms with Gasteiger partial charge in [0.05, 0.1) is 12.3 Å². The first kappa shape index (κ1) is 13.5. The molecular formula is C12H16N4O2S. The molecule has 0 aliphatic heterocycles. The third kappa shape index (κ3) is 3.54. The van der Waals surface area contributed by atoms with Gasteiger partial charge in [-0.3, -0.25) is 4.79 Å². The molecule has 0 aromatic carbocycles. The number of hydrogen-bond donors (Lipinski definition) is 2. The molecule has 6 nitrogen and oxygen atoms in total. The van der Waals surface area contributed by atoms with Crippen molar-refractivity contribution in [3.8, 4) is 0 Å². The van der Waals surface area contributed by atoms with Gasteiger partial charge >= 0.3 is 0 Å². The first-order chi connectivity index (χ1) is 9.20. The first-order valence-electron chi connectivity index (χ1n) is 6.12. The Bertz CT molecular complexity index is 524. The summed E-state index contributed by atoms with van der Waals surface area (Å²) in [6.07, 6.45) is 2.58. The Morgan fingerprint density at radius 1 is 1.53 bits per heavy atom. The van der Waals surface area contributed by atoms with E-state index in [0.717, 1.165) is 13.0 Å². The maximum absolute atomic E-state index is 12.0. The molecular weight excluding hydrogens is 264 g/mol. The molecule has 2 heterocycles. The lowest BCUT2D eigenvalue weighted by Crippen LogP contribution is -2.26. The molecule has 1 atom stereocenters. The fraction of sp³-hybridized carbons (Fsp3) is 0.417. The van der Waals surface area contributed by atoms with Crippen molar-refractivity contribution in [3.63, 3.8) is 0 Å². The van der Waals surface area contributed by atoms with E-state index in [1.54, 1.807) is 12.3 Å². The summed E-state index contributed by atoms with van der Waals surface area (Å²) in [5.41, 5.74) is 0. The Morgan fingerprint density at radius 3 is 3.05 bits per heavy atom. The molecule has 1 unspecified atom stereocenters. The van der Waals surface area contributed by atoms with Crippen LogP contribution in [-0.2, 0) is 0 Å². The van der Waals surface area contributed by atoms with Gasteiger partial charge in [-0.05, 0) is 25.5 Å². The minimum atomic E-state index is -0.244. The molecule has 0 aliphatic carbocycles. The van der Waals surface area contributed by atoms with E-state index in [2.05, 4.69) is 27.8 Å². The van der Waals surface area contributed by atoms with Crippen LogP contribution in [-0.4, -0.2) is 22.6 Å². The third-order valence-electron chi connectivity index (χ3n) is 2.46. The zero-order valence-electron chi connectivity index (χ0n) is 10.8. The maximum atomic E-state index is 12.0. The van der Waals surface area contributed by atoms with Crippen LogP contribution in [0.2, 0.25) is 0 Å². The normalized spacial score (nSPS) is 12.1. The number of furan rings is 1. The van der Waals surface area contributed by atoms with E-state index in [1.807, 2.05) is 13.0 Å². The van der Waals surface area contributed by atoms with Gasteiger partial charge in [-0.15, -0.1) is 10.2 Å². The Balaban J connectivity index is 1.94. The predicted molar refractivity (Wildman–Crippen MR) is 73.3 cm³/mol. The van der Waals surface area contributed by atoms with Crippen molar-refractivity contribution < 1.29 is 9.21 Å². The quantitative estimate of drug-likeness (QED) is 0.849. The first-order valence-corrected chi connectivity index (χ1v) is 6.94. The summed E-state index contributed by atoms with van der Waals surface area (Å²) in [4.78, 5) is 12.0. The molecule has 19 heavy (non-hydrogen) atoms. The summed E-state index contributed by atoms with van der Waals surface area (Å²) in [6.45, 7) is 4.74. The number of carbonyl (C=O) groups excluding carboxylic acids is 1. The van der Waals surface area contributed by atoms with Gasteiger partial charge < -0.3 is 15.1 Å². The number of amides is 1. The fourth-order valence-electron chi connectivity index (χ4n) is 1.49. The van der Waals surface area contributed by atoms with Crippen molar-refractivity contribution in [2.45, 2.75) is 26.3 Å². The Labute approximate surface area is 115 Å². The number of rotatable bonds is 6. The average molecular weight is 280 g/mol. The van der Waals surface area contributed by atoms with Crippen molar-refractivity contribution in [1.29, 1.82) is 0 Å². The topological polar surface area (TPSA) is 80.0 Å². The van der Waals surface area contributed by atoms with Gasteiger partial charge in [0.15, 0.2) is 0 Å². The Morgan fingerprint density at radius 2 is 2.37 bits per heavy atom. The van der Waals surface area contributed by atoms with E-state index < -0.39 is 0 Å². The molecule has 2 aromatic rings. The van der Waals surface area contributed by atoms with Crippen LogP contribution < -0.4 is 10.6 Å². The number of nitrogens with zero attached hydrogens (tertiary/aromatic N) is 2. The molecule has 2 aromatic heterocycles. The summed E-state index contributed by atoms with van der Waals surface area (Å²) in [5, 5.41) is 14.7. The van der Waals surface area contributed by atoms with Crippen LogP contribution in [0.15, 0.2) is 22.8 Å². The van der Waals surface area contributed by atoms with Crippen molar-refractivity contribution in [3.05, 3.63) is 29.2 Å². The van der Waals surface area contributed by atoms with Crippen LogP contribution in [0.5, 0.6) is 0 Å². The summed E-state index contributed by atoms with van der Waals surface area (Å²) in [7, 11) is 0. The molecule has 0 saturated heterocycles. The number of aromatic nitrogens is 2. The SMILES string of the molecule is CCCNc1nnc(C(=O)NC(C)c2ccco2)s1. The molecule has 0 spiro atoms. The van der Waals surface area contributed by atoms with Crippen LogP contribution in [0.3, 0.4) is 0 Å². The summed E-state index contributed by atoms with van der Waals surface area (Å²) < 4.78 is 5.23. The molecule has 7 heteroatoms. The van der Waals surface area contributed by atoms with Crippen molar-refractivity contribution in [2.75, 3.05) is 11.9 Å². The molecule has 2 rings (SSSR count). The summed E-state index contributed by atoms with van der Waals surface area (Å²) in [6, 6.07) is 3.41. The highest BCUT2D eigenvalue weighted by atomic mass is 32.1. The molecule has 102 valence electrons. The zero-order valence-corrected chi connectivity index (χ0v) is 11.7. The Hall–Kier alpha value is -1.89. The summed E-state index contributed by atoms with van der Waals surface area (Å²) in [5.74, 6) is 0.466. The van der Waals surface area contributed by atoms with Crippen LogP contribution in [0.25, 0.3) is 0 Å². The number of anilines is 1. The smallest absolute Gasteiger partial charge is 0.282 e. The molecule has 0 fully saturated rings. The predicted octanol–water partition coefficient (Wildman–Crippen LogP) is 2.44. The van der Waals surface area contributed by atoms with E-state index in [0.29, 0.717) is 15.9 Å². The second kappa shape index (κ2) is 6.33. The summed E-state index contributed by atoms with van der Waals surface area (Å²) >= 11 is 1.24. The number of hydrogen-bond acceptors (Lipinski definition) is 6. The van der Waals surface area contributed by atoms with E-state index in [9.17, 15) is 4.79 Å². The number of nitrogens with one attached hydrogen (secondary N) is 2. The second-order valence-corrected chi connectivity index (χ2v) is 5.03. The lowest BCUT2D eigenvalue weighted by molar-refractivity contribution is 0.0934. The van der Waals surface area contributed by atoms with Gasteiger partial charge in [0, 0.05) is 6.54 Å². The largest absolute Gasteiger partial charge is 0.467 e. The van der Waals surface area contributed by atoms with Crippen LogP contribution in [0.1, 0.15) is 41.9 Å². The monoisotopic (exact) mass is 280 g/mol. The van der Waals surface area contributed by atoms with Gasteiger partial charge in [0.2, 0.25) is 10.1 Å². The van der Waals surface area contributed by atoms with E-state index in [4.69, 9.17) is 4.42 Å². The van der Waals surface area contributed by atoms with Gasteiger partial charge in [0.25, 0.3) is 5.91 Å². The average Bonchev–Trinajstić information content (AvgIpc) is 3.07. The van der Waals surface area contributed by atoms with Crippen molar-refractivity contribution in [2.24, 2.45) is 0 Å². The van der Waals surface area contributed by atoms with Crippen molar-refractivity contribution >= 4 is 22.4 Å².